The van der Waals surface area contributed by atoms with Gasteiger partial charge in [-0.05, 0) is 19.3 Å². The summed E-state index contributed by atoms with van der Waals surface area (Å²) in [6.07, 6.45) is 0.878. The third kappa shape index (κ3) is 6.23. The molecule has 16 heavy (non-hydrogen) atoms. The molecule has 0 aromatic carbocycles. The molecule has 0 aliphatic carbocycles. The number of carboxylic acid groups (broad SMARTS) is 1. The molecule has 0 aliphatic heterocycles. The predicted molar refractivity (Wildman–Crippen MR) is 58.8 cm³/mol. The second-order valence-electron chi connectivity index (χ2n) is 4.18. The number of carbonyl (C=O) groups is 2. The Morgan fingerprint density at radius 2 is 1.94 bits per heavy atom. The van der Waals surface area contributed by atoms with Crippen LogP contribution in [0.15, 0.2) is 0 Å². The van der Waals surface area contributed by atoms with Crippen LogP contribution in [0.2, 0.25) is 0 Å². The van der Waals surface area contributed by atoms with Crippen LogP contribution in [-0.2, 0) is 9.63 Å². The minimum absolute atomic E-state index is 0.0772. The van der Waals surface area contributed by atoms with Gasteiger partial charge in [0.2, 0.25) is 0 Å². The van der Waals surface area contributed by atoms with E-state index in [2.05, 4.69) is 24.2 Å². The maximum atomic E-state index is 11.4. The van der Waals surface area contributed by atoms with Gasteiger partial charge in [-0.3, -0.25) is 4.84 Å². The van der Waals surface area contributed by atoms with Crippen molar-refractivity contribution in [2.24, 2.45) is 5.92 Å². The number of carboxylic acids is 1. The lowest BCUT2D eigenvalue weighted by Crippen LogP contribution is -2.43. The summed E-state index contributed by atoms with van der Waals surface area (Å²) < 4.78 is 0. The van der Waals surface area contributed by atoms with Crippen molar-refractivity contribution in [1.29, 1.82) is 0 Å². The minimum Gasteiger partial charge on any atom is -0.479 e. The van der Waals surface area contributed by atoms with Crippen LogP contribution in [-0.4, -0.2) is 41.7 Å². The van der Waals surface area contributed by atoms with Crippen molar-refractivity contribution in [1.82, 2.24) is 10.4 Å². The summed E-state index contributed by atoms with van der Waals surface area (Å²) >= 11 is 0. The van der Waals surface area contributed by atoms with Gasteiger partial charge in [0, 0.05) is 13.1 Å². The molecular formula is C10H20N2O4. The Kier molecular flexibility index (Phi) is 6.48. The van der Waals surface area contributed by atoms with Crippen LogP contribution in [0.4, 0.5) is 4.79 Å². The van der Waals surface area contributed by atoms with Gasteiger partial charge in [0.05, 0.1) is 0 Å². The van der Waals surface area contributed by atoms with Crippen molar-refractivity contribution in [2.75, 3.05) is 13.7 Å². The Morgan fingerprint density at radius 1 is 1.38 bits per heavy atom. The highest BCUT2D eigenvalue weighted by Gasteiger charge is 2.16. The van der Waals surface area contributed by atoms with E-state index in [0.29, 0.717) is 5.92 Å². The Labute approximate surface area is 95.5 Å². The molecule has 6 heteroatoms. The van der Waals surface area contributed by atoms with E-state index in [1.165, 1.54) is 4.90 Å². The number of carbonyl (C=O) groups excluding carboxylic acids is 1. The molecule has 1 unspecified atom stereocenters. The number of rotatable bonds is 6. The molecule has 2 amide bonds. The second-order valence-corrected chi connectivity index (χ2v) is 4.18. The van der Waals surface area contributed by atoms with Gasteiger partial charge in [0.1, 0.15) is 0 Å². The summed E-state index contributed by atoms with van der Waals surface area (Å²) in [5.74, 6) is -0.636. The largest absolute Gasteiger partial charge is 0.479 e. The molecule has 0 aliphatic rings. The van der Waals surface area contributed by atoms with Gasteiger partial charge in [-0.15, -0.1) is 0 Å². The van der Waals surface area contributed by atoms with Crippen molar-refractivity contribution < 1.29 is 19.5 Å². The predicted octanol–water partition coefficient (Wildman–Crippen LogP) is 1.08. The standard InChI is InChI=1S/C10H20N2O4/c1-7(2)5-8(3)12(4)10(15)11-16-6-9(13)14/h7-8H,5-6H2,1-4H3,(H,11,15)(H,13,14). The van der Waals surface area contributed by atoms with Gasteiger partial charge in [-0.1, -0.05) is 13.8 Å². The van der Waals surface area contributed by atoms with Gasteiger partial charge in [-0.2, -0.15) is 0 Å². The first-order valence-electron chi connectivity index (χ1n) is 5.21. The number of nitrogens with zero attached hydrogens (tertiary/aromatic N) is 1. The molecule has 0 spiro atoms. The van der Waals surface area contributed by atoms with Crippen LogP contribution in [0.25, 0.3) is 0 Å². The van der Waals surface area contributed by atoms with Crippen molar-refractivity contribution in [3.05, 3.63) is 0 Å². The average molecular weight is 232 g/mol. The summed E-state index contributed by atoms with van der Waals surface area (Å²) in [6.45, 7) is 5.53. The van der Waals surface area contributed by atoms with Crippen LogP contribution < -0.4 is 5.48 Å². The van der Waals surface area contributed by atoms with Crippen LogP contribution >= 0.6 is 0 Å². The number of amides is 2. The lowest BCUT2D eigenvalue weighted by Gasteiger charge is -2.26. The minimum atomic E-state index is -1.13. The molecule has 0 bridgehead atoms. The van der Waals surface area contributed by atoms with E-state index in [1.54, 1.807) is 7.05 Å². The Hall–Kier alpha value is -1.30. The number of aliphatic carboxylic acids is 1. The van der Waals surface area contributed by atoms with Crippen LogP contribution in [0, 0.1) is 5.92 Å². The smallest absolute Gasteiger partial charge is 0.341 e. The molecule has 0 aromatic rings. The molecule has 94 valence electrons. The zero-order valence-corrected chi connectivity index (χ0v) is 10.2. The van der Waals surface area contributed by atoms with Gasteiger partial charge in [0.25, 0.3) is 0 Å². The monoisotopic (exact) mass is 232 g/mol. The molecule has 0 heterocycles. The van der Waals surface area contributed by atoms with Crippen LogP contribution in [0.3, 0.4) is 0 Å². The highest BCUT2D eigenvalue weighted by molar-refractivity contribution is 5.73. The topological polar surface area (TPSA) is 78.9 Å². The second kappa shape index (κ2) is 7.05. The first-order chi connectivity index (χ1) is 7.34. The molecule has 0 fully saturated rings. The van der Waals surface area contributed by atoms with Crippen LogP contribution in [0.5, 0.6) is 0 Å². The molecule has 0 saturated carbocycles. The molecule has 0 rings (SSSR count). The van der Waals surface area contributed by atoms with Gasteiger partial charge >= 0.3 is 12.0 Å². The van der Waals surface area contributed by atoms with E-state index in [1.807, 2.05) is 6.92 Å². The van der Waals surface area contributed by atoms with E-state index in [9.17, 15) is 9.59 Å². The summed E-state index contributed by atoms with van der Waals surface area (Å²) in [7, 11) is 1.65. The van der Waals surface area contributed by atoms with Gasteiger partial charge in [-0.25, -0.2) is 15.1 Å². The maximum Gasteiger partial charge on any atom is 0.341 e. The van der Waals surface area contributed by atoms with E-state index in [4.69, 9.17) is 5.11 Å². The SMILES string of the molecule is CC(C)CC(C)N(C)C(=O)NOCC(=O)O. The number of urea groups is 1. The maximum absolute atomic E-state index is 11.4. The molecule has 0 aromatic heterocycles. The normalized spacial score (nSPS) is 12.3. The van der Waals surface area contributed by atoms with E-state index in [-0.39, 0.29) is 6.04 Å². The van der Waals surface area contributed by atoms with Crippen molar-refractivity contribution in [2.45, 2.75) is 33.2 Å². The summed E-state index contributed by atoms with van der Waals surface area (Å²) in [5, 5.41) is 8.30. The summed E-state index contributed by atoms with van der Waals surface area (Å²) in [4.78, 5) is 27.6. The molecule has 2 N–H and O–H groups in total. The van der Waals surface area contributed by atoms with Crippen LogP contribution in [0.1, 0.15) is 27.2 Å². The molecule has 1 atom stereocenters. The highest BCUT2D eigenvalue weighted by atomic mass is 16.7. The van der Waals surface area contributed by atoms with Crippen molar-refractivity contribution in [3.8, 4) is 0 Å². The average Bonchev–Trinajstić information content (AvgIpc) is 2.14. The number of nitrogens with one attached hydrogen (secondary N) is 1. The number of hydrogen-bond acceptors (Lipinski definition) is 3. The summed E-state index contributed by atoms with van der Waals surface area (Å²) in [5.41, 5.74) is 2.07. The fourth-order valence-corrected chi connectivity index (χ4v) is 1.27. The van der Waals surface area contributed by atoms with E-state index >= 15 is 0 Å². The highest BCUT2D eigenvalue weighted by Crippen LogP contribution is 2.09. The molecule has 0 saturated heterocycles. The van der Waals surface area contributed by atoms with E-state index in [0.717, 1.165) is 6.42 Å². The quantitative estimate of drug-likeness (QED) is 0.672. The fourth-order valence-electron chi connectivity index (χ4n) is 1.27. The Bertz CT molecular complexity index is 243. The number of hydroxylamine groups is 1. The molecular weight excluding hydrogens is 212 g/mol. The third-order valence-corrected chi connectivity index (χ3v) is 2.15. The fraction of sp³-hybridized carbons (Fsp3) is 0.800. The zero-order valence-electron chi connectivity index (χ0n) is 10.2. The Morgan fingerprint density at radius 3 is 2.38 bits per heavy atom. The van der Waals surface area contributed by atoms with Crippen molar-refractivity contribution in [3.63, 3.8) is 0 Å². The van der Waals surface area contributed by atoms with Gasteiger partial charge < -0.3 is 10.0 Å². The Balaban J connectivity index is 3.93. The summed E-state index contributed by atoms with van der Waals surface area (Å²) in [6, 6.07) is -0.358. The lowest BCUT2D eigenvalue weighted by atomic mass is 10.0. The van der Waals surface area contributed by atoms with Gasteiger partial charge in [0.15, 0.2) is 6.61 Å². The molecule has 6 nitrogen and oxygen atoms in total. The van der Waals surface area contributed by atoms with Crippen molar-refractivity contribution >= 4 is 12.0 Å². The molecule has 0 radical (unpaired) electrons. The first kappa shape index (κ1) is 14.7. The van der Waals surface area contributed by atoms with E-state index < -0.39 is 18.6 Å². The third-order valence-electron chi connectivity index (χ3n) is 2.15. The lowest BCUT2D eigenvalue weighted by molar-refractivity contribution is -0.144. The zero-order chi connectivity index (χ0) is 12.7. The number of hydrogen-bond donors (Lipinski definition) is 2. The first-order valence-corrected chi connectivity index (χ1v) is 5.21.